The third-order valence-corrected chi connectivity index (χ3v) is 4.87. The molecule has 1 saturated heterocycles. The van der Waals surface area contributed by atoms with E-state index >= 15 is 0 Å². The molecule has 1 amide bonds. The van der Waals surface area contributed by atoms with Crippen molar-refractivity contribution in [2.45, 2.75) is 50.7 Å². The Bertz CT molecular complexity index is 735. The molecule has 0 spiro atoms. The summed E-state index contributed by atoms with van der Waals surface area (Å²) in [5.41, 5.74) is 1.39. The number of aromatic nitrogens is 5. The maximum absolute atomic E-state index is 12.9. The van der Waals surface area contributed by atoms with Gasteiger partial charge in [-0.2, -0.15) is 10.2 Å². The number of nitrogens with one attached hydrogen (secondary N) is 2. The third kappa shape index (κ3) is 2.71. The average Bonchev–Trinajstić information content (AvgIpc) is 3.07. The number of amides is 1. The summed E-state index contributed by atoms with van der Waals surface area (Å²) in [6, 6.07) is 1.67. The molecular formula is C16H22N6O2. The molecule has 24 heavy (non-hydrogen) atoms. The van der Waals surface area contributed by atoms with E-state index in [-0.39, 0.29) is 18.1 Å². The van der Waals surface area contributed by atoms with E-state index in [9.17, 15) is 4.79 Å². The Balaban J connectivity index is 1.59. The van der Waals surface area contributed by atoms with Gasteiger partial charge in [0.25, 0.3) is 5.91 Å². The number of likely N-dealkylation sites (tertiary alicyclic amines) is 1. The molecule has 2 atom stereocenters. The summed E-state index contributed by atoms with van der Waals surface area (Å²) in [7, 11) is 1.68. The summed E-state index contributed by atoms with van der Waals surface area (Å²) >= 11 is 0. The van der Waals surface area contributed by atoms with Gasteiger partial charge in [0.2, 0.25) is 0 Å². The largest absolute Gasteiger partial charge is 0.380 e. The Hall–Kier alpha value is -2.22. The van der Waals surface area contributed by atoms with Gasteiger partial charge < -0.3 is 9.64 Å². The van der Waals surface area contributed by atoms with E-state index in [4.69, 9.17) is 4.74 Å². The molecule has 1 aliphatic carbocycles. The second-order valence-electron chi connectivity index (χ2n) is 6.55. The zero-order valence-corrected chi connectivity index (χ0v) is 14.0. The van der Waals surface area contributed by atoms with Gasteiger partial charge in [0.15, 0.2) is 5.82 Å². The van der Waals surface area contributed by atoms with Crippen molar-refractivity contribution in [3.8, 4) is 0 Å². The number of aromatic amines is 2. The zero-order valence-electron chi connectivity index (χ0n) is 14.0. The highest BCUT2D eigenvalue weighted by molar-refractivity contribution is 5.92. The highest BCUT2D eigenvalue weighted by Crippen LogP contribution is 2.39. The zero-order chi connectivity index (χ0) is 16.7. The lowest BCUT2D eigenvalue weighted by Crippen LogP contribution is -2.32. The van der Waals surface area contributed by atoms with Gasteiger partial charge in [0.1, 0.15) is 11.5 Å². The topological polar surface area (TPSA) is 99.8 Å². The van der Waals surface area contributed by atoms with E-state index < -0.39 is 0 Å². The smallest absolute Gasteiger partial charge is 0.275 e. The van der Waals surface area contributed by atoms with Gasteiger partial charge in [-0.25, -0.2) is 4.98 Å². The molecule has 0 unspecified atom stereocenters. The van der Waals surface area contributed by atoms with E-state index in [0.29, 0.717) is 24.6 Å². The summed E-state index contributed by atoms with van der Waals surface area (Å²) in [5, 5.41) is 14.4. The number of rotatable bonds is 5. The van der Waals surface area contributed by atoms with Crippen molar-refractivity contribution in [3.63, 3.8) is 0 Å². The molecule has 8 nitrogen and oxygen atoms in total. The first-order valence-electron chi connectivity index (χ1n) is 8.49. The van der Waals surface area contributed by atoms with Crippen LogP contribution in [0, 0.1) is 0 Å². The fourth-order valence-corrected chi connectivity index (χ4v) is 3.21. The monoisotopic (exact) mass is 330 g/mol. The minimum absolute atomic E-state index is 0.00184. The fourth-order valence-electron chi connectivity index (χ4n) is 3.21. The predicted octanol–water partition coefficient (Wildman–Crippen LogP) is 1.57. The van der Waals surface area contributed by atoms with Gasteiger partial charge >= 0.3 is 0 Å². The molecule has 1 aliphatic heterocycles. The highest BCUT2D eigenvalue weighted by Gasteiger charge is 2.40. The van der Waals surface area contributed by atoms with E-state index in [1.165, 1.54) is 0 Å². The number of methoxy groups -OCH3 is 1. The number of ether oxygens (including phenoxy) is 1. The van der Waals surface area contributed by atoms with Crippen molar-refractivity contribution in [1.82, 2.24) is 30.3 Å². The van der Waals surface area contributed by atoms with E-state index in [2.05, 4.69) is 25.4 Å². The first-order valence-corrected chi connectivity index (χ1v) is 8.49. The van der Waals surface area contributed by atoms with Gasteiger partial charge in [-0.15, -0.1) is 0 Å². The summed E-state index contributed by atoms with van der Waals surface area (Å²) < 4.78 is 5.49. The van der Waals surface area contributed by atoms with E-state index in [0.717, 1.165) is 36.6 Å². The first kappa shape index (κ1) is 15.3. The third-order valence-electron chi connectivity index (χ3n) is 4.87. The molecule has 1 saturated carbocycles. The van der Waals surface area contributed by atoms with Crippen molar-refractivity contribution in [2.24, 2.45) is 0 Å². The van der Waals surface area contributed by atoms with Crippen molar-refractivity contribution in [3.05, 3.63) is 29.1 Å². The Morgan fingerprint density at radius 1 is 1.38 bits per heavy atom. The van der Waals surface area contributed by atoms with Crippen LogP contribution in [0.5, 0.6) is 0 Å². The molecule has 4 rings (SSSR count). The van der Waals surface area contributed by atoms with Crippen molar-refractivity contribution < 1.29 is 9.53 Å². The van der Waals surface area contributed by atoms with Crippen molar-refractivity contribution >= 4 is 5.91 Å². The van der Waals surface area contributed by atoms with Crippen molar-refractivity contribution in [1.29, 1.82) is 0 Å². The molecule has 8 heteroatoms. The van der Waals surface area contributed by atoms with Gasteiger partial charge in [0, 0.05) is 31.7 Å². The number of hydrogen-bond donors (Lipinski definition) is 2. The van der Waals surface area contributed by atoms with E-state index in [1.54, 1.807) is 12.0 Å². The van der Waals surface area contributed by atoms with Gasteiger partial charge in [-0.05, 0) is 25.3 Å². The summed E-state index contributed by atoms with van der Waals surface area (Å²) in [5.74, 6) is 2.00. The summed E-state index contributed by atoms with van der Waals surface area (Å²) in [4.78, 5) is 19.3. The second kappa shape index (κ2) is 6.01. The minimum atomic E-state index is -0.149. The van der Waals surface area contributed by atoms with Crippen LogP contribution in [0.4, 0.5) is 0 Å². The molecule has 0 aromatic carbocycles. The molecule has 2 fully saturated rings. The Labute approximate surface area is 140 Å². The first-order chi connectivity index (χ1) is 11.7. The van der Waals surface area contributed by atoms with Crippen LogP contribution in [-0.4, -0.2) is 55.9 Å². The number of carbonyl (C=O) groups is 1. The number of aryl methyl sites for hydroxylation is 1. The van der Waals surface area contributed by atoms with Gasteiger partial charge in [0.05, 0.1) is 12.1 Å². The summed E-state index contributed by atoms with van der Waals surface area (Å²) in [6.45, 7) is 2.56. The average molecular weight is 330 g/mol. The molecule has 2 aromatic heterocycles. The maximum atomic E-state index is 12.9. The fraction of sp³-hybridized carbons (Fsp3) is 0.625. The van der Waals surface area contributed by atoms with Crippen LogP contribution >= 0.6 is 0 Å². The predicted molar refractivity (Wildman–Crippen MR) is 85.5 cm³/mol. The number of hydrogen-bond acceptors (Lipinski definition) is 5. The lowest BCUT2D eigenvalue weighted by atomic mass is 10.2. The second-order valence-corrected chi connectivity index (χ2v) is 6.55. The van der Waals surface area contributed by atoms with E-state index in [1.807, 2.05) is 13.0 Å². The Morgan fingerprint density at radius 3 is 2.88 bits per heavy atom. The SMILES string of the molecule is CCc1cc(C(=O)N2C[C@H](OC)C[C@H]2c2nc(C3CC3)n[nH]2)n[nH]1. The van der Waals surface area contributed by atoms with Crippen LogP contribution in [0.25, 0.3) is 0 Å². The molecular weight excluding hydrogens is 308 g/mol. The Kier molecular flexibility index (Phi) is 3.84. The van der Waals surface area contributed by atoms with Crippen LogP contribution in [-0.2, 0) is 11.2 Å². The lowest BCUT2D eigenvalue weighted by Gasteiger charge is -2.21. The number of nitrogens with zero attached hydrogens (tertiary/aromatic N) is 4. The Morgan fingerprint density at radius 2 is 2.21 bits per heavy atom. The molecule has 2 aliphatic rings. The molecule has 2 aromatic rings. The van der Waals surface area contributed by atoms with Crippen LogP contribution in [0.3, 0.4) is 0 Å². The quantitative estimate of drug-likeness (QED) is 0.867. The van der Waals surface area contributed by atoms with Crippen LogP contribution in [0.1, 0.15) is 66.0 Å². The number of carbonyl (C=O) groups excluding carboxylic acids is 1. The minimum Gasteiger partial charge on any atom is -0.380 e. The lowest BCUT2D eigenvalue weighted by molar-refractivity contribution is 0.0678. The molecule has 0 radical (unpaired) electrons. The number of H-pyrrole nitrogens is 2. The van der Waals surface area contributed by atoms with Crippen LogP contribution in [0.2, 0.25) is 0 Å². The van der Waals surface area contributed by atoms with Gasteiger partial charge in [-0.1, -0.05) is 6.92 Å². The standard InChI is InChI=1S/C16H22N6O2/c1-3-10-6-12(19-18-10)16(23)22-8-11(24-2)7-13(22)15-17-14(20-21-15)9-4-5-9/h6,9,11,13H,3-5,7-8H2,1-2H3,(H,18,19)(H,17,20,21)/t11-,13+/m1/s1. The maximum Gasteiger partial charge on any atom is 0.275 e. The van der Waals surface area contributed by atoms with Crippen LogP contribution < -0.4 is 0 Å². The van der Waals surface area contributed by atoms with Crippen molar-refractivity contribution in [2.75, 3.05) is 13.7 Å². The summed E-state index contributed by atoms with van der Waals surface area (Å²) in [6.07, 6.45) is 3.83. The molecule has 0 bridgehead atoms. The molecule has 128 valence electrons. The van der Waals surface area contributed by atoms with Gasteiger partial charge in [-0.3, -0.25) is 15.0 Å². The normalized spacial score (nSPS) is 23.8. The van der Waals surface area contributed by atoms with Crippen LogP contribution in [0.15, 0.2) is 6.07 Å². The highest BCUT2D eigenvalue weighted by atomic mass is 16.5. The molecule has 2 N–H and O–H groups in total. The molecule has 3 heterocycles.